The number of rotatable bonds is 6. The second kappa shape index (κ2) is 7.86. The molecule has 0 fully saturated rings. The van der Waals surface area contributed by atoms with Crippen LogP contribution in [0.2, 0.25) is 0 Å². The van der Waals surface area contributed by atoms with Gasteiger partial charge in [-0.2, -0.15) is 5.26 Å². The molecule has 0 saturated heterocycles. The lowest BCUT2D eigenvalue weighted by Gasteiger charge is -2.04. The first-order valence-electron chi connectivity index (χ1n) is 8.17. The highest BCUT2D eigenvalue weighted by Crippen LogP contribution is 2.39. The number of hydrogen-bond acceptors (Lipinski definition) is 8. The molecule has 6 nitrogen and oxygen atoms in total. The zero-order valence-electron chi connectivity index (χ0n) is 15.0. The van der Waals surface area contributed by atoms with Gasteiger partial charge in [-0.25, -0.2) is 9.78 Å². The lowest BCUT2D eigenvalue weighted by atomic mass is 10.1. The van der Waals surface area contributed by atoms with Gasteiger partial charge in [-0.15, -0.1) is 22.7 Å². The summed E-state index contributed by atoms with van der Waals surface area (Å²) in [5, 5.41) is 11.0. The normalized spacial score (nSPS) is 10.6. The van der Waals surface area contributed by atoms with Gasteiger partial charge in [-0.3, -0.25) is 4.79 Å². The molecule has 138 valence electrons. The molecule has 8 heteroatoms. The predicted octanol–water partition coefficient (Wildman–Crippen LogP) is 4.35. The molecule has 1 aromatic carbocycles. The summed E-state index contributed by atoms with van der Waals surface area (Å²) in [5.41, 5.74) is 1.10. The van der Waals surface area contributed by atoms with Gasteiger partial charge in [0.05, 0.1) is 27.4 Å². The molecular weight excluding hydrogens is 384 g/mol. The summed E-state index contributed by atoms with van der Waals surface area (Å²) >= 11 is 2.71. The molecule has 0 saturated carbocycles. The van der Waals surface area contributed by atoms with Gasteiger partial charge < -0.3 is 9.47 Å². The maximum atomic E-state index is 12.0. The molecule has 0 aliphatic heterocycles. The van der Waals surface area contributed by atoms with Crippen LogP contribution in [-0.2, 0) is 9.53 Å². The van der Waals surface area contributed by atoms with E-state index in [4.69, 9.17) is 9.47 Å². The zero-order chi connectivity index (χ0) is 19.6. The molecule has 0 N–H and O–H groups in total. The summed E-state index contributed by atoms with van der Waals surface area (Å²) in [7, 11) is 0. The van der Waals surface area contributed by atoms with E-state index in [1.54, 1.807) is 26.0 Å². The Bertz CT molecular complexity index is 1080. The number of ketones is 1. The summed E-state index contributed by atoms with van der Waals surface area (Å²) < 4.78 is 11.3. The van der Waals surface area contributed by atoms with Crippen molar-refractivity contribution >= 4 is 44.5 Å². The monoisotopic (exact) mass is 400 g/mol. The number of carbonyl (C=O) groups excluding carboxylic acids is 2. The van der Waals surface area contributed by atoms with E-state index < -0.39 is 0 Å². The van der Waals surface area contributed by atoms with Crippen molar-refractivity contribution in [3.8, 4) is 21.7 Å². The first-order chi connectivity index (χ1) is 12.9. The minimum absolute atomic E-state index is 0.0397. The van der Waals surface area contributed by atoms with E-state index in [0.29, 0.717) is 33.5 Å². The van der Waals surface area contributed by atoms with Crippen LogP contribution in [0.3, 0.4) is 0 Å². The number of esters is 1. The van der Waals surface area contributed by atoms with Crippen LogP contribution >= 0.6 is 22.7 Å². The lowest BCUT2D eigenvalue weighted by molar-refractivity contribution is -0.118. The van der Waals surface area contributed by atoms with Gasteiger partial charge in [0.25, 0.3) is 0 Å². The Kier molecular flexibility index (Phi) is 5.54. The molecule has 27 heavy (non-hydrogen) atoms. The lowest BCUT2D eigenvalue weighted by Crippen LogP contribution is -2.06. The highest BCUT2D eigenvalue weighted by molar-refractivity contribution is 7.26. The van der Waals surface area contributed by atoms with Gasteiger partial charge in [0.15, 0.2) is 5.78 Å². The first-order valence-corrected chi connectivity index (χ1v) is 9.81. The maximum absolute atomic E-state index is 12.0. The number of nitrogens with zero attached hydrogens (tertiary/aromatic N) is 2. The van der Waals surface area contributed by atoms with E-state index in [-0.39, 0.29) is 18.4 Å². The quantitative estimate of drug-likeness (QED) is 0.572. The van der Waals surface area contributed by atoms with Crippen LogP contribution in [-0.4, -0.2) is 30.0 Å². The van der Waals surface area contributed by atoms with Crippen molar-refractivity contribution in [2.75, 3.05) is 13.2 Å². The van der Waals surface area contributed by atoms with Crippen molar-refractivity contribution in [3.63, 3.8) is 0 Å². The van der Waals surface area contributed by atoms with E-state index in [0.717, 1.165) is 15.0 Å². The first kappa shape index (κ1) is 19.0. The molecule has 0 spiro atoms. The third kappa shape index (κ3) is 3.99. The molecule has 0 atom stereocenters. The Morgan fingerprint density at radius 2 is 2.04 bits per heavy atom. The number of thiophene rings is 1. The van der Waals surface area contributed by atoms with Crippen molar-refractivity contribution in [1.82, 2.24) is 4.98 Å². The predicted molar refractivity (Wildman–Crippen MR) is 105 cm³/mol. The van der Waals surface area contributed by atoms with E-state index >= 15 is 0 Å². The number of fused-ring (bicyclic) bond motifs is 1. The Morgan fingerprint density at radius 1 is 1.26 bits per heavy atom. The Labute approximate surface area is 164 Å². The Balaban J connectivity index is 2.01. The zero-order valence-corrected chi connectivity index (χ0v) is 16.6. The molecule has 0 unspecified atom stereocenters. The molecule has 3 rings (SSSR count). The van der Waals surface area contributed by atoms with E-state index in [1.807, 2.05) is 6.07 Å². The van der Waals surface area contributed by atoms with Crippen molar-refractivity contribution in [2.24, 2.45) is 0 Å². The van der Waals surface area contributed by atoms with Crippen LogP contribution in [0.4, 0.5) is 0 Å². The fraction of sp³-hybridized carbons (Fsp3) is 0.263. The average Bonchev–Trinajstić information content (AvgIpc) is 3.22. The molecule has 0 aliphatic rings. The van der Waals surface area contributed by atoms with Crippen LogP contribution in [0.1, 0.15) is 34.8 Å². The molecule has 2 heterocycles. The molecule has 0 radical (unpaired) electrons. The van der Waals surface area contributed by atoms with Crippen molar-refractivity contribution in [2.45, 2.75) is 20.8 Å². The number of aromatic nitrogens is 1. The average molecular weight is 400 g/mol. The van der Waals surface area contributed by atoms with Gasteiger partial charge in [0, 0.05) is 0 Å². The molecular formula is C19H16N2O4S2. The van der Waals surface area contributed by atoms with Crippen LogP contribution < -0.4 is 4.74 Å². The second-order valence-electron chi connectivity index (χ2n) is 5.76. The highest BCUT2D eigenvalue weighted by atomic mass is 32.1. The number of hydrogen-bond donors (Lipinski definition) is 0. The molecule has 2 aromatic heterocycles. The largest absolute Gasteiger partial charge is 0.486 e. The van der Waals surface area contributed by atoms with Crippen molar-refractivity contribution in [3.05, 3.63) is 34.3 Å². The van der Waals surface area contributed by atoms with Crippen LogP contribution in [0.5, 0.6) is 5.75 Å². The van der Waals surface area contributed by atoms with Gasteiger partial charge in [-0.1, -0.05) is 0 Å². The smallest absolute Gasteiger partial charge is 0.350 e. The number of nitriles is 1. The van der Waals surface area contributed by atoms with Gasteiger partial charge in [0.1, 0.15) is 28.3 Å². The third-order valence-electron chi connectivity index (χ3n) is 3.62. The van der Waals surface area contributed by atoms with Gasteiger partial charge >= 0.3 is 5.97 Å². The highest BCUT2D eigenvalue weighted by Gasteiger charge is 2.19. The van der Waals surface area contributed by atoms with Gasteiger partial charge in [-0.05, 0) is 44.4 Å². The van der Waals surface area contributed by atoms with E-state index in [1.165, 1.54) is 29.6 Å². The Morgan fingerprint density at radius 3 is 2.70 bits per heavy atom. The summed E-state index contributed by atoms with van der Waals surface area (Å²) in [4.78, 5) is 29.0. The molecule has 0 amide bonds. The van der Waals surface area contributed by atoms with Crippen molar-refractivity contribution < 1.29 is 19.1 Å². The minimum Gasteiger partial charge on any atom is -0.486 e. The SMILES string of the molecule is CCOC(=O)c1sc(-c2cc3cc(OCC(C)=O)cc(C#N)c3s2)nc1C. The fourth-order valence-electron chi connectivity index (χ4n) is 2.47. The summed E-state index contributed by atoms with van der Waals surface area (Å²) in [6.45, 7) is 5.24. The van der Waals surface area contributed by atoms with E-state index in [9.17, 15) is 14.9 Å². The van der Waals surface area contributed by atoms with E-state index in [2.05, 4.69) is 11.1 Å². The third-order valence-corrected chi connectivity index (χ3v) is 6.11. The number of carbonyl (C=O) groups is 2. The molecule has 0 bridgehead atoms. The standard InChI is InChI=1S/C19H16N2O4S2/c1-4-24-19(23)16-11(3)21-18(27-16)15-7-12-5-14(25-9-10(2)22)6-13(8-20)17(12)26-15/h5-7H,4,9H2,1-3H3. The summed E-state index contributed by atoms with van der Waals surface area (Å²) in [5.74, 6) is 0.00277. The number of benzene rings is 1. The van der Waals surface area contributed by atoms with Gasteiger partial charge in [0.2, 0.25) is 0 Å². The number of thiazole rings is 1. The molecule has 0 aliphatic carbocycles. The number of ether oxygens (including phenoxy) is 2. The van der Waals surface area contributed by atoms with Crippen LogP contribution in [0.25, 0.3) is 20.0 Å². The Hall–Kier alpha value is -2.76. The van der Waals surface area contributed by atoms with Crippen LogP contribution in [0.15, 0.2) is 18.2 Å². The number of aryl methyl sites for hydroxylation is 1. The minimum atomic E-state index is -0.377. The number of Topliss-reactive ketones (excluding diaryl/α,β-unsaturated/α-hetero) is 1. The maximum Gasteiger partial charge on any atom is 0.350 e. The molecule has 3 aromatic rings. The van der Waals surface area contributed by atoms with Crippen LogP contribution in [0, 0.1) is 18.3 Å². The fourth-order valence-corrected chi connectivity index (χ4v) is 4.58. The second-order valence-corrected chi connectivity index (χ2v) is 7.81. The topological polar surface area (TPSA) is 89.3 Å². The van der Waals surface area contributed by atoms with Crippen molar-refractivity contribution in [1.29, 1.82) is 5.26 Å². The summed E-state index contributed by atoms with van der Waals surface area (Å²) in [6, 6.07) is 7.51. The summed E-state index contributed by atoms with van der Waals surface area (Å²) in [6.07, 6.45) is 0.